The lowest BCUT2D eigenvalue weighted by Crippen LogP contribution is -2.43. The van der Waals surface area contributed by atoms with Crippen molar-refractivity contribution in [3.8, 4) is 23.0 Å². The molecule has 1 saturated heterocycles. The van der Waals surface area contributed by atoms with Crippen LogP contribution >= 0.6 is 0 Å². The Morgan fingerprint density at radius 2 is 1.46 bits per heavy atom. The number of likely N-dealkylation sites (tertiary alicyclic amines) is 1. The van der Waals surface area contributed by atoms with Crippen molar-refractivity contribution >= 4 is 17.8 Å². The van der Waals surface area contributed by atoms with Gasteiger partial charge in [-0.05, 0) is 106 Å². The highest BCUT2D eigenvalue weighted by atomic mass is 19.1. The quantitative estimate of drug-likeness (QED) is 0.173. The van der Waals surface area contributed by atoms with Crippen molar-refractivity contribution in [2.45, 2.75) is 66.0 Å². The summed E-state index contributed by atoms with van der Waals surface area (Å²) in [7, 11) is 0. The summed E-state index contributed by atoms with van der Waals surface area (Å²) in [6.07, 6.45) is 1.03. The van der Waals surface area contributed by atoms with E-state index in [1.165, 1.54) is 12.1 Å². The van der Waals surface area contributed by atoms with E-state index in [1.807, 2.05) is 65.0 Å². The third kappa shape index (κ3) is 8.31. The molecule has 0 N–H and O–H groups in total. The molecule has 0 bridgehead atoms. The fourth-order valence-corrected chi connectivity index (χ4v) is 6.73. The summed E-state index contributed by atoms with van der Waals surface area (Å²) in [5.74, 6) is 0.353. The Bertz CT molecular complexity index is 1660. The number of rotatable bonds is 15. The van der Waals surface area contributed by atoms with Crippen molar-refractivity contribution < 1.29 is 42.5 Å². The summed E-state index contributed by atoms with van der Waals surface area (Å²) >= 11 is 0. The molecule has 11 heteroatoms. The third-order valence-electron chi connectivity index (χ3n) is 9.17. The van der Waals surface area contributed by atoms with Crippen LogP contribution in [0.5, 0.6) is 23.0 Å². The molecule has 3 atom stereocenters. The average molecular weight is 691 g/mol. The van der Waals surface area contributed by atoms with Gasteiger partial charge in [0.25, 0.3) is 5.91 Å². The fourth-order valence-electron chi connectivity index (χ4n) is 6.73. The highest BCUT2D eigenvalue weighted by Crippen LogP contribution is 2.41. The molecule has 2 aliphatic heterocycles. The van der Waals surface area contributed by atoms with E-state index >= 15 is 0 Å². The van der Waals surface area contributed by atoms with E-state index < -0.39 is 24.5 Å². The van der Waals surface area contributed by atoms with Gasteiger partial charge in [-0.25, -0.2) is 4.39 Å². The summed E-state index contributed by atoms with van der Waals surface area (Å²) in [6, 6.07) is 15.0. The van der Waals surface area contributed by atoms with Crippen LogP contribution in [0.2, 0.25) is 0 Å². The van der Waals surface area contributed by atoms with Crippen LogP contribution in [0.4, 0.5) is 4.39 Å². The lowest BCUT2D eigenvalue weighted by atomic mass is 9.88. The van der Waals surface area contributed by atoms with Crippen molar-refractivity contribution in [1.82, 2.24) is 9.80 Å². The zero-order chi connectivity index (χ0) is 35.8. The summed E-state index contributed by atoms with van der Waals surface area (Å²) < 4.78 is 42.6. The van der Waals surface area contributed by atoms with Gasteiger partial charge in [-0.2, -0.15) is 0 Å². The Kier molecular flexibility index (Phi) is 12.2. The predicted molar refractivity (Wildman–Crippen MR) is 185 cm³/mol. The van der Waals surface area contributed by atoms with Gasteiger partial charge in [0, 0.05) is 19.5 Å². The Labute approximate surface area is 293 Å². The number of esters is 1. The number of hydrogen-bond donors (Lipinski definition) is 0. The summed E-state index contributed by atoms with van der Waals surface area (Å²) in [6.45, 7) is 11.5. The molecule has 2 aliphatic rings. The highest BCUT2D eigenvalue weighted by Gasteiger charge is 2.39. The molecular formula is C39H47FN2O8. The first-order valence-electron chi connectivity index (χ1n) is 17.5. The number of carbonyl (C=O) groups excluding carboxylic acids is 3. The van der Waals surface area contributed by atoms with Gasteiger partial charge in [-0.3, -0.25) is 14.4 Å². The minimum absolute atomic E-state index is 0.0133. The molecule has 50 heavy (non-hydrogen) atoms. The first kappa shape index (κ1) is 36.5. The predicted octanol–water partition coefficient (Wildman–Crippen LogP) is 6.24. The topological polar surface area (TPSA) is 104 Å². The molecule has 0 aromatic heterocycles. The number of amides is 2. The SMILES string of the molecule is CCOc1ccc(CC2c3cc(OCC)c(OCC)cc3CCN2C(=O)COC(=O)C2CC(=O)N([C@@H](C)c3ccc(F)cc3)C2)cc1OCC. The van der Waals surface area contributed by atoms with E-state index in [-0.39, 0.29) is 36.6 Å². The Balaban J connectivity index is 1.35. The van der Waals surface area contributed by atoms with Gasteiger partial charge in [-0.1, -0.05) is 18.2 Å². The number of carbonyl (C=O) groups is 3. The molecule has 2 heterocycles. The molecule has 1 fully saturated rings. The van der Waals surface area contributed by atoms with Crippen LogP contribution in [0.3, 0.4) is 0 Å². The molecule has 268 valence electrons. The summed E-state index contributed by atoms with van der Waals surface area (Å²) in [5, 5.41) is 0. The van der Waals surface area contributed by atoms with Gasteiger partial charge < -0.3 is 33.5 Å². The molecule has 0 saturated carbocycles. The van der Waals surface area contributed by atoms with Crippen LogP contribution < -0.4 is 18.9 Å². The molecular weight excluding hydrogens is 643 g/mol. The number of fused-ring (bicyclic) bond motifs is 1. The summed E-state index contributed by atoms with van der Waals surface area (Å²) in [4.78, 5) is 43.4. The molecule has 2 amide bonds. The maximum atomic E-state index is 13.9. The molecule has 3 aromatic rings. The van der Waals surface area contributed by atoms with E-state index in [2.05, 4.69) is 0 Å². The average Bonchev–Trinajstić information content (AvgIpc) is 3.50. The normalized spacial score (nSPS) is 17.6. The number of ether oxygens (including phenoxy) is 5. The van der Waals surface area contributed by atoms with Crippen molar-refractivity contribution in [2.75, 3.05) is 46.1 Å². The van der Waals surface area contributed by atoms with Gasteiger partial charge >= 0.3 is 5.97 Å². The Hall–Kier alpha value is -4.80. The van der Waals surface area contributed by atoms with Crippen molar-refractivity contribution in [2.24, 2.45) is 5.92 Å². The van der Waals surface area contributed by atoms with E-state index in [0.29, 0.717) is 68.8 Å². The molecule has 5 rings (SSSR count). The lowest BCUT2D eigenvalue weighted by molar-refractivity contribution is -0.156. The minimum Gasteiger partial charge on any atom is -0.490 e. The molecule has 0 aliphatic carbocycles. The zero-order valence-corrected chi connectivity index (χ0v) is 29.5. The second-order valence-corrected chi connectivity index (χ2v) is 12.4. The fraction of sp³-hybridized carbons (Fsp3) is 0.462. The van der Waals surface area contributed by atoms with Gasteiger partial charge in [-0.15, -0.1) is 0 Å². The van der Waals surface area contributed by atoms with Crippen molar-refractivity contribution in [3.63, 3.8) is 0 Å². The Morgan fingerprint density at radius 3 is 2.12 bits per heavy atom. The van der Waals surface area contributed by atoms with Gasteiger partial charge in [0.05, 0.1) is 44.4 Å². The maximum Gasteiger partial charge on any atom is 0.311 e. The zero-order valence-electron chi connectivity index (χ0n) is 29.5. The standard InChI is InChI=1S/C39H47FN2O8/c1-6-46-33-15-10-26(19-34(33)47-7-2)18-32-31-22-36(49-9-4)35(48-8-3)20-28(31)16-17-41(32)38(44)24-50-39(45)29-21-37(43)42(23-29)25(5)27-11-13-30(40)14-12-27/h10-15,19-20,22,25,29,32H,6-9,16-18,21,23-24H2,1-5H3/t25-,29?,32?/m0/s1. The molecule has 10 nitrogen and oxygen atoms in total. The van der Waals surface area contributed by atoms with Crippen LogP contribution in [0.1, 0.15) is 75.4 Å². The monoisotopic (exact) mass is 690 g/mol. The first-order valence-corrected chi connectivity index (χ1v) is 17.5. The second-order valence-electron chi connectivity index (χ2n) is 12.4. The Morgan fingerprint density at radius 1 is 0.840 bits per heavy atom. The van der Waals surface area contributed by atoms with E-state index in [1.54, 1.807) is 21.9 Å². The van der Waals surface area contributed by atoms with E-state index in [0.717, 1.165) is 22.3 Å². The third-order valence-corrected chi connectivity index (χ3v) is 9.17. The summed E-state index contributed by atoms with van der Waals surface area (Å²) in [5.41, 5.74) is 3.69. The lowest BCUT2D eigenvalue weighted by Gasteiger charge is -2.38. The number of nitrogens with zero attached hydrogens (tertiary/aromatic N) is 2. The van der Waals surface area contributed by atoms with Crippen LogP contribution in [0, 0.1) is 11.7 Å². The van der Waals surface area contributed by atoms with Crippen LogP contribution in [-0.2, 0) is 32.0 Å². The second kappa shape index (κ2) is 16.7. The molecule has 0 spiro atoms. The molecule has 0 radical (unpaired) electrons. The highest BCUT2D eigenvalue weighted by molar-refractivity contribution is 5.88. The minimum atomic E-state index is -0.706. The largest absolute Gasteiger partial charge is 0.490 e. The van der Waals surface area contributed by atoms with Crippen LogP contribution in [-0.4, -0.2) is 73.7 Å². The van der Waals surface area contributed by atoms with Gasteiger partial charge in [0.2, 0.25) is 5.91 Å². The number of benzene rings is 3. The number of halogens is 1. The van der Waals surface area contributed by atoms with Gasteiger partial charge in [0.1, 0.15) is 5.82 Å². The molecule has 3 aromatic carbocycles. The van der Waals surface area contributed by atoms with E-state index in [9.17, 15) is 18.8 Å². The van der Waals surface area contributed by atoms with Crippen molar-refractivity contribution in [1.29, 1.82) is 0 Å². The first-order chi connectivity index (χ1) is 24.2. The molecule has 2 unspecified atom stereocenters. The van der Waals surface area contributed by atoms with Crippen LogP contribution in [0.15, 0.2) is 54.6 Å². The van der Waals surface area contributed by atoms with Crippen LogP contribution in [0.25, 0.3) is 0 Å². The smallest absolute Gasteiger partial charge is 0.311 e. The number of hydrogen-bond acceptors (Lipinski definition) is 8. The maximum absolute atomic E-state index is 13.9. The van der Waals surface area contributed by atoms with Gasteiger partial charge in [0.15, 0.2) is 29.6 Å². The van der Waals surface area contributed by atoms with E-state index in [4.69, 9.17) is 23.7 Å². The van der Waals surface area contributed by atoms with Crippen molar-refractivity contribution in [3.05, 3.63) is 82.7 Å².